The van der Waals surface area contributed by atoms with Gasteiger partial charge in [0.05, 0.1) is 0 Å². The van der Waals surface area contributed by atoms with E-state index in [-0.39, 0.29) is 10.8 Å². The second kappa shape index (κ2) is 4.37. The molecule has 0 aromatic heterocycles. The topological polar surface area (TPSA) is 3.24 Å². The van der Waals surface area contributed by atoms with Crippen LogP contribution in [0.25, 0.3) is 0 Å². The molecule has 0 N–H and O–H groups in total. The Bertz CT molecular complexity index is 689. The molecule has 0 fully saturated rings. The summed E-state index contributed by atoms with van der Waals surface area (Å²) in [5.74, 6) is 0. The molecule has 2 aromatic rings. The van der Waals surface area contributed by atoms with Crippen molar-refractivity contribution in [2.75, 3.05) is 11.9 Å². The van der Waals surface area contributed by atoms with Crippen LogP contribution in [-0.4, -0.2) is 7.05 Å². The number of para-hydroxylation sites is 1. The molecule has 0 radical (unpaired) electrons. The van der Waals surface area contributed by atoms with E-state index in [2.05, 4.69) is 89.0 Å². The highest BCUT2D eigenvalue weighted by Crippen LogP contribution is 2.48. The van der Waals surface area contributed by atoms with Gasteiger partial charge in [-0.25, -0.2) is 0 Å². The minimum atomic E-state index is 0.0414. The lowest BCUT2D eigenvalue weighted by Crippen LogP contribution is -2.31. The second-order valence-electron chi connectivity index (χ2n) is 7.68. The molecule has 1 nitrogen and oxygen atoms in total. The summed E-state index contributed by atoms with van der Waals surface area (Å²) in [6.07, 6.45) is 0. The van der Waals surface area contributed by atoms with Gasteiger partial charge < -0.3 is 4.90 Å². The van der Waals surface area contributed by atoms with Gasteiger partial charge in [-0.3, -0.25) is 0 Å². The van der Waals surface area contributed by atoms with E-state index in [0.29, 0.717) is 0 Å². The van der Waals surface area contributed by atoms with Crippen molar-refractivity contribution < 1.29 is 0 Å². The summed E-state index contributed by atoms with van der Waals surface area (Å²) in [4.78, 5) is 2.32. The van der Waals surface area contributed by atoms with Crippen LogP contribution in [0.2, 0.25) is 0 Å². The zero-order valence-electron chi connectivity index (χ0n) is 14.0. The summed E-state index contributed by atoms with van der Waals surface area (Å²) in [6, 6.07) is 15.7. The molecule has 0 amide bonds. The molecule has 0 unspecified atom stereocenters. The Morgan fingerprint density at radius 2 is 1.48 bits per heavy atom. The monoisotopic (exact) mass is 279 g/mol. The third kappa shape index (κ3) is 2.07. The second-order valence-corrected chi connectivity index (χ2v) is 7.68. The molecule has 3 rings (SSSR count). The first-order valence-electron chi connectivity index (χ1n) is 7.71. The first-order chi connectivity index (χ1) is 9.73. The Morgan fingerprint density at radius 1 is 0.857 bits per heavy atom. The first kappa shape index (κ1) is 14.2. The molecule has 1 heteroatoms. The maximum absolute atomic E-state index is 2.40. The number of fused-ring (bicyclic) bond motifs is 2. The molecule has 0 aliphatic carbocycles. The van der Waals surface area contributed by atoms with Crippen molar-refractivity contribution in [2.45, 2.75) is 45.4 Å². The van der Waals surface area contributed by atoms with Crippen LogP contribution in [0.3, 0.4) is 0 Å². The van der Waals surface area contributed by atoms with Gasteiger partial charge in [0.25, 0.3) is 0 Å². The van der Waals surface area contributed by atoms with E-state index in [1.807, 2.05) is 0 Å². The van der Waals surface area contributed by atoms with Crippen LogP contribution in [0, 0.1) is 0 Å². The highest BCUT2D eigenvalue weighted by Gasteiger charge is 2.35. The van der Waals surface area contributed by atoms with E-state index >= 15 is 0 Å². The van der Waals surface area contributed by atoms with Crippen molar-refractivity contribution in [2.24, 2.45) is 0 Å². The predicted octanol–water partition coefficient (Wildman–Crippen LogP) is 5.39. The van der Waals surface area contributed by atoms with Gasteiger partial charge in [-0.05, 0) is 34.2 Å². The van der Waals surface area contributed by atoms with Gasteiger partial charge in [-0.1, -0.05) is 65.0 Å². The van der Waals surface area contributed by atoms with Crippen molar-refractivity contribution in [1.82, 2.24) is 0 Å². The van der Waals surface area contributed by atoms with E-state index in [4.69, 9.17) is 0 Å². The number of nitrogens with zero attached hydrogens (tertiary/aromatic N) is 1. The van der Waals surface area contributed by atoms with E-state index in [1.54, 1.807) is 0 Å². The van der Waals surface area contributed by atoms with Crippen LogP contribution in [-0.2, 0) is 10.8 Å². The van der Waals surface area contributed by atoms with Crippen LogP contribution in [0.15, 0.2) is 42.5 Å². The first-order valence-corrected chi connectivity index (χ1v) is 7.71. The van der Waals surface area contributed by atoms with E-state index in [1.165, 1.54) is 28.1 Å². The average Bonchev–Trinajstić information content (AvgIpc) is 2.44. The largest absolute Gasteiger partial charge is 0.344 e. The Labute approximate surface area is 128 Å². The molecule has 0 bridgehead atoms. The highest BCUT2D eigenvalue weighted by molar-refractivity contribution is 5.77. The summed E-state index contributed by atoms with van der Waals surface area (Å²) in [5.41, 5.74) is 7.11. The van der Waals surface area contributed by atoms with Crippen LogP contribution < -0.4 is 4.90 Å². The number of benzene rings is 2. The molecule has 110 valence electrons. The normalized spacial score (nSPS) is 16.4. The predicted molar refractivity (Wildman–Crippen MR) is 91.8 cm³/mol. The Balaban J connectivity index is 2.26. The van der Waals surface area contributed by atoms with Crippen molar-refractivity contribution in [1.29, 1.82) is 0 Å². The zero-order valence-corrected chi connectivity index (χ0v) is 14.0. The number of hydrogen-bond acceptors (Lipinski definition) is 1. The fourth-order valence-electron chi connectivity index (χ4n) is 3.37. The molecular formula is C20H25N. The van der Waals surface area contributed by atoms with E-state index in [9.17, 15) is 0 Å². The lowest BCUT2D eigenvalue weighted by atomic mass is 9.72. The maximum atomic E-state index is 2.40. The highest BCUT2D eigenvalue weighted by atomic mass is 15.1. The van der Waals surface area contributed by atoms with Gasteiger partial charge in [0, 0.05) is 23.8 Å². The Morgan fingerprint density at radius 3 is 2.14 bits per heavy atom. The molecule has 0 atom stereocenters. The van der Waals surface area contributed by atoms with Gasteiger partial charge in [0.15, 0.2) is 0 Å². The number of rotatable bonds is 0. The van der Waals surface area contributed by atoms with E-state index < -0.39 is 0 Å². The van der Waals surface area contributed by atoms with Gasteiger partial charge >= 0.3 is 0 Å². The zero-order chi connectivity index (χ0) is 15.4. The minimum absolute atomic E-state index is 0.0414. The van der Waals surface area contributed by atoms with Crippen molar-refractivity contribution >= 4 is 11.4 Å². The lowest BCUT2D eigenvalue weighted by Gasteiger charge is -2.41. The van der Waals surface area contributed by atoms with Crippen LogP contribution >= 0.6 is 0 Å². The van der Waals surface area contributed by atoms with E-state index in [0.717, 1.165) is 0 Å². The van der Waals surface area contributed by atoms with Gasteiger partial charge in [0.1, 0.15) is 0 Å². The summed E-state index contributed by atoms with van der Waals surface area (Å²) < 4.78 is 0. The van der Waals surface area contributed by atoms with Gasteiger partial charge in [-0.2, -0.15) is 0 Å². The van der Waals surface area contributed by atoms with Crippen LogP contribution in [0.5, 0.6) is 0 Å². The molecule has 0 saturated carbocycles. The minimum Gasteiger partial charge on any atom is -0.344 e. The van der Waals surface area contributed by atoms with Crippen molar-refractivity contribution in [3.8, 4) is 0 Å². The molecular weight excluding hydrogens is 254 g/mol. The molecule has 2 aromatic carbocycles. The third-order valence-electron chi connectivity index (χ3n) is 4.84. The van der Waals surface area contributed by atoms with Gasteiger partial charge in [0.2, 0.25) is 0 Å². The quantitative estimate of drug-likeness (QED) is 0.625. The summed E-state index contributed by atoms with van der Waals surface area (Å²) in [7, 11) is 2.17. The molecule has 1 aliphatic rings. The Hall–Kier alpha value is -1.76. The fraction of sp³-hybridized carbons (Fsp3) is 0.400. The van der Waals surface area contributed by atoms with Crippen LogP contribution in [0.1, 0.15) is 51.3 Å². The molecule has 21 heavy (non-hydrogen) atoms. The summed E-state index contributed by atoms with van der Waals surface area (Å²) >= 11 is 0. The fourth-order valence-corrected chi connectivity index (χ4v) is 3.37. The lowest BCUT2D eigenvalue weighted by molar-refractivity contribution is 0.580. The molecule has 0 spiro atoms. The van der Waals surface area contributed by atoms with Crippen molar-refractivity contribution in [3.63, 3.8) is 0 Å². The maximum Gasteiger partial charge on any atom is 0.0449 e. The summed E-state index contributed by atoms with van der Waals surface area (Å²) in [6.45, 7) is 11.5. The summed E-state index contributed by atoms with van der Waals surface area (Å²) in [5, 5.41) is 0. The number of anilines is 2. The smallest absolute Gasteiger partial charge is 0.0449 e. The molecule has 0 saturated heterocycles. The third-order valence-corrected chi connectivity index (χ3v) is 4.84. The molecule has 1 heterocycles. The molecule has 1 aliphatic heterocycles. The van der Waals surface area contributed by atoms with Crippen molar-refractivity contribution in [3.05, 3.63) is 59.2 Å². The average molecular weight is 279 g/mol. The van der Waals surface area contributed by atoms with Crippen LogP contribution in [0.4, 0.5) is 11.4 Å². The SMILES string of the molecule is CN1c2ccccc2C(C)(C)c2cc(C(C)(C)C)ccc21. The Kier molecular flexibility index (Phi) is 2.95. The standard InChI is InChI=1S/C20H25N/c1-19(2,3)14-11-12-18-16(13-14)20(4,5)15-9-7-8-10-17(15)21(18)6/h7-13H,1-6H3. The number of hydrogen-bond donors (Lipinski definition) is 0. The van der Waals surface area contributed by atoms with Gasteiger partial charge in [-0.15, -0.1) is 0 Å².